The summed E-state index contributed by atoms with van der Waals surface area (Å²) in [6, 6.07) is 3.60. The van der Waals surface area contributed by atoms with Crippen molar-refractivity contribution in [2.24, 2.45) is 0 Å². The van der Waals surface area contributed by atoms with Crippen LogP contribution in [0, 0.1) is 0 Å². The normalized spacial score (nSPS) is 9.90. The second-order valence-electron chi connectivity index (χ2n) is 2.02. The van der Waals surface area contributed by atoms with Crippen LogP contribution in [0.15, 0.2) is 16.6 Å². The van der Waals surface area contributed by atoms with Crippen LogP contribution >= 0.6 is 39.1 Å². The highest BCUT2D eigenvalue weighted by Crippen LogP contribution is 2.23. The Morgan fingerprint density at radius 2 is 1.90 bits per heavy atom. The Kier molecular flexibility index (Phi) is 2.67. The summed E-state index contributed by atoms with van der Waals surface area (Å²) >= 11 is 14.9. The van der Waals surface area contributed by atoms with Crippen molar-refractivity contribution in [3.05, 3.63) is 26.7 Å². The highest BCUT2D eigenvalue weighted by atomic mass is 79.9. The van der Waals surface area contributed by atoms with Gasteiger partial charge in [-0.05, 0) is 28.1 Å². The van der Waals surface area contributed by atoms with Gasteiger partial charge < -0.3 is 0 Å². The molecule has 0 saturated heterocycles. The molecule has 0 heterocycles. The number of halogens is 3. The van der Waals surface area contributed by atoms with E-state index in [1.54, 1.807) is 6.07 Å². The maximum atomic E-state index is 5.84. The lowest BCUT2D eigenvalue weighted by molar-refractivity contribution is 1.70. The van der Waals surface area contributed by atoms with Crippen LogP contribution in [-0.2, 0) is 0 Å². The lowest BCUT2D eigenvalue weighted by Crippen LogP contribution is -2.03. The van der Waals surface area contributed by atoms with E-state index in [-0.39, 0.29) is 0 Å². The van der Waals surface area contributed by atoms with Crippen LogP contribution in [0.5, 0.6) is 0 Å². The van der Waals surface area contributed by atoms with Gasteiger partial charge in [0, 0.05) is 14.5 Å². The zero-order valence-electron chi connectivity index (χ0n) is 5.29. The monoisotopic (exact) mass is 236 g/mol. The molecule has 0 amide bonds. The number of hydrogen-bond acceptors (Lipinski definition) is 0. The third-order valence-electron chi connectivity index (χ3n) is 1.17. The molecule has 0 N–H and O–H groups in total. The molecule has 0 aliphatic carbocycles. The van der Waals surface area contributed by atoms with E-state index in [1.165, 1.54) is 0 Å². The van der Waals surface area contributed by atoms with Crippen molar-refractivity contribution in [3.63, 3.8) is 0 Å². The standard InChI is InChI=1S/C6H4BBrCl2/c7-4-1-3(9)2-5(8)6(4)10/h1-2H,7H2. The van der Waals surface area contributed by atoms with Crippen molar-refractivity contribution in [1.29, 1.82) is 0 Å². The van der Waals surface area contributed by atoms with Crippen LogP contribution in [0.2, 0.25) is 10.0 Å². The summed E-state index contributed by atoms with van der Waals surface area (Å²) < 4.78 is 0.846. The number of hydrogen-bond donors (Lipinski definition) is 0. The molecule has 0 aromatic heterocycles. The summed E-state index contributed by atoms with van der Waals surface area (Å²) in [7, 11) is 1.92. The van der Waals surface area contributed by atoms with Gasteiger partial charge in [-0.3, -0.25) is 0 Å². The van der Waals surface area contributed by atoms with Crippen molar-refractivity contribution in [2.45, 2.75) is 0 Å². The van der Waals surface area contributed by atoms with Crippen molar-refractivity contribution < 1.29 is 0 Å². The smallest absolute Gasteiger partial charge is 0.0843 e. The maximum Gasteiger partial charge on any atom is 0.141 e. The highest BCUT2D eigenvalue weighted by Gasteiger charge is 2.00. The summed E-state index contributed by atoms with van der Waals surface area (Å²) in [6.45, 7) is 0. The average molecular weight is 238 g/mol. The fourth-order valence-electron chi connectivity index (χ4n) is 0.685. The summed E-state index contributed by atoms with van der Waals surface area (Å²) in [5.41, 5.74) is 0.987. The third-order valence-corrected chi connectivity index (χ3v) is 2.75. The minimum atomic E-state index is 0.703. The first-order chi connectivity index (χ1) is 4.61. The van der Waals surface area contributed by atoms with Crippen LogP contribution in [0.4, 0.5) is 0 Å². The molecule has 10 heavy (non-hydrogen) atoms. The summed E-state index contributed by atoms with van der Waals surface area (Å²) in [5.74, 6) is 0. The van der Waals surface area contributed by atoms with E-state index in [0.29, 0.717) is 5.02 Å². The summed E-state index contributed by atoms with van der Waals surface area (Å²) in [6.07, 6.45) is 0. The number of benzene rings is 1. The van der Waals surface area contributed by atoms with Gasteiger partial charge in [-0.25, -0.2) is 0 Å². The molecular formula is C6H4BBrCl2. The lowest BCUT2D eigenvalue weighted by Gasteiger charge is -2.00. The fourth-order valence-corrected chi connectivity index (χ4v) is 1.76. The van der Waals surface area contributed by atoms with Gasteiger partial charge >= 0.3 is 0 Å². The first-order valence-corrected chi connectivity index (χ1v) is 4.27. The van der Waals surface area contributed by atoms with Gasteiger partial charge in [0.15, 0.2) is 0 Å². The Morgan fingerprint density at radius 3 is 2.40 bits per heavy atom. The van der Waals surface area contributed by atoms with Crippen LogP contribution in [0.25, 0.3) is 0 Å². The number of rotatable bonds is 0. The molecule has 52 valence electrons. The molecule has 1 aromatic carbocycles. The largest absolute Gasteiger partial charge is 0.141 e. The van der Waals surface area contributed by atoms with E-state index >= 15 is 0 Å². The zero-order chi connectivity index (χ0) is 7.72. The molecule has 0 fully saturated rings. The Bertz CT molecular complexity index is 239. The Balaban J connectivity index is 3.31. The average Bonchev–Trinajstić information content (AvgIpc) is 1.82. The Morgan fingerprint density at radius 1 is 1.30 bits per heavy atom. The highest BCUT2D eigenvalue weighted by molar-refractivity contribution is 9.10. The van der Waals surface area contributed by atoms with E-state index in [9.17, 15) is 0 Å². The van der Waals surface area contributed by atoms with E-state index in [0.717, 1.165) is 15.0 Å². The molecule has 0 spiro atoms. The first-order valence-electron chi connectivity index (χ1n) is 2.72. The van der Waals surface area contributed by atoms with Crippen LogP contribution < -0.4 is 5.46 Å². The molecule has 0 aliphatic rings. The SMILES string of the molecule is Bc1cc(Cl)cc(Br)c1Cl. The molecule has 0 radical (unpaired) electrons. The molecule has 0 nitrogen and oxygen atoms in total. The molecule has 0 atom stereocenters. The third kappa shape index (κ3) is 1.69. The Labute approximate surface area is 79.1 Å². The summed E-state index contributed by atoms with van der Waals surface area (Å²) in [5, 5.41) is 1.43. The van der Waals surface area contributed by atoms with Crippen LogP contribution in [0.3, 0.4) is 0 Å². The predicted octanol–water partition coefficient (Wildman–Crippen LogP) is 2.01. The molecule has 0 bridgehead atoms. The minimum Gasteiger partial charge on any atom is -0.0843 e. The second-order valence-corrected chi connectivity index (χ2v) is 3.69. The van der Waals surface area contributed by atoms with Gasteiger partial charge in [0.25, 0.3) is 0 Å². The first kappa shape index (κ1) is 8.44. The molecule has 1 aromatic rings. The topological polar surface area (TPSA) is 0 Å². The predicted molar refractivity (Wildman–Crippen MR) is 52.3 cm³/mol. The van der Waals surface area contributed by atoms with Gasteiger partial charge in [-0.2, -0.15) is 0 Å². The lowest BCUT2D eigenvalue weighted by atomic mass is 9.97. The van der Waals surface area contributed by atoms with Crippen molar-refractivity contribution in [1.82, 2.24) is 0 Å². The summed E-state index contributed by atoms with van der Waals surface area (Å²) in [4.78, 5) is 0. The van der Waals surface area contributed by atoms with Crippen LogP contribution in [0.1, 0.15) is 0 Å². The van der Waals surface area contributed by atoms with Gasteiger partial charge in [0.1, 0.15) is 7.85 Å². The van der Waals surface area contributed by atoms with Crippen molar-refractivity contribution >= 4 is 52.4 Å². The van der Waals surface area contributed by atoms with Crippen LogP contribution in [-0.4, -0.2) is 7.85 Å². The van der Waals surface area contributed by atoms with Gasteiger partial charge in [0.05, 0.1) is 0 Å². The molecule has 0 saturated carbocycles. The zero-order valence-corrected chi connectivity index (χ0v) is 8.39. The van der Waals surface area contributed by atoms with E-state index in [1.807, 2.05) is 13.9 Å². The Hall–Kier alpha value is 0.345. The quantitative estimate of drug-likeness (QED) is 0.478. The molecule has 0 unspecified atom stereocenters. The maximum absolute atomic E-state index is 5.84. The van der Waals surface area contributed by atoms with E-state index in [2.05, 4.69) is 15.9 Å². The van der Waals surface area contributed by atoms with E-state index in [4.69, 9.17) is 23.2 Å². The molecule has 1 rings (SSSR count). The van der Waals surface area contributed by atoms with Gasteiger partial charge in [-0.1, -0.05) is 28.7 Å². The second kappa shape index (κ2) is 3.16. The van der Waals surface area contributed by atoms with Gasteiger partial charge in [0.2, 0.25) is 0 Å². The van der Waals surface area contributed by atoms with E-state index < -0.39 is 0 Å². The molecular weight excluding hydrogens is 234 g/mol. The fraction of sp³-hybridized carbons (Fsp3) is 0. The molecule has 4 heteroatoms. The van der Waals surface area contributed by atoms with Crippen molar-refractivity contribution in [2.75, 3.05) is 0 Å². The molecule has 0 aliphatic heterocycles. The van der Waals surface area contributed by atoms with Crippen molar-refractivity contribution in [3.8, 4) is 0 Å². The van der Waals surface area contributed by atoms with Gasteiger partial charge in [-0.15, -0.1) is 0 Å². The minimum absolute atomic E-state index is 0.703.